The molecule has 0 aliphatic heterocycles. The summed E-state index contributed by atoms with van der Waals surface area (Å²) in [7, 11) is 0. The van der Waals surface area contributed by atoms with Crippen molar-refractivity contribution in [2.45, 2.75) is 13.8 Å². The van der Waals surface area contributed by atoms with E-state index in [4.69, 9.17) is 0 Å². The van der Waals surface area contributed by atoms with Crippen LogP contribution in [0.4, 0.5) is 8.78 Å². The van der Waals surface area contributed by atoms with Crippen LogP contribution >= 0.6 is 11.3 Å². The van der Waals surface area contributed by atoms with Crippen LogP contribution in [0, 0.1) is 17.6 Å². The fourth-order valence-electron chi connectivity index (χ4n) is 1.62. The maximum Gasteiger partial charge on any atom is 0.175 e. The molecule has 4 heteroatoms. The van der Waals surface area contributed by atoms with Gasteiger partial charge >= 0.3 is 0 Å². The summed E-state index contributed by atoms with van der Waals surface area (Å²) in [6, 6.07) is 6.95. The molecular weight excluding hydrogens is 254 g/mol. The second-order valence-electron chi connectivity index (χ2n) is 4.28. The molecule has 1 aromatic carbocycles. The molecule has 0 saturated carbocycles. The van der Waals surface area contributed by atoms with E-state index >= 15 is 0 Å². The zero-order valence-corrected chi connectivity index (χ0v) is 10.9. The number of ketones is 1. The molecule has 0 atom stereocenters. The molecule has 0 spiro atoms. The molecule has 0 fully saturated rings. The van der Waals surface area contributed by atoms with Gasteiger partial charge in [0.05, 0.1) is 10.4 Å². The maximum absolute atomic E-state index is 13.6. The van der Waals surface area contributed by atoms with Crippen molar-refractivity contribution in [3.8, 4) is 10.4 Å². The molecule has 1 heterocycles. The van der Waals surface area contributed by atoms with Crippen LogP contribution in [-0.2, 0) is 0 Å². The lowest BCUT2D eigenvalue weighted by Crippen LogP contribution is -2.04. The molecule has 0 aliphatic rings. The van der Waals surface area contributed by atoms with Crippen molar-refractivity contribution in [1.29, 1.82) is 0 Å². The average Bonchev–Trinajstić information content (AvgIpc) is 2.77. The molecule has 0 unspecified atom stereocenters. The van der Waals surface area contributed by atoms with Crippen LogP contribution in [0.2, 0.25) is 0 Å². The molecule has 18 heavy (non-hydrogen) atoms. The van der Waals surface area contributed by atoms with Crippen molar-refractivity contribution in [2.75, 3.05) is 0 Å². The van der Waals surface area contributed by atoms with Gasteiger partial charge in [0.2, 0.25) is 0 Å². The van der Waals surface area contributed by atoms with E-state index in [1.54, 1.807) is 26.0 Å². The molecule has 2 aromatic rings. The largest absolute Gasteiger partial charge is 0.293 e. The van der Waals surface area contributed by atoms with Crippen LogP contribution in [0.15, 0.2) is 30.3 Å². The minimum absolute atomic E-state index is 0.0111. The van der Waals surface area contributed by atoms with E-state index in [1.165, 1.54) is 18.2 Å². The first-order chi connectivity index (χ1) is 8.50. The first kappa shape index (κ1) is 12.9. The summed E-state index contributed by atoms with van der Waals surface area (Å²) in [5, 5.41) is 0. The highest BCUT2D eigenvalue weighted by Crippen LogP contribution is 2.33. The summed E-state index contributed by atoms with van der Waals surface area (Å²) in [5.74, 6) is -1.36. The third kappa shape index (κ3) is 2.34. The Morgan fingerprint density at radius 2 is 1.72 bits per heavy atom. The van der Waals surface area contributed by atoms with Crippen LogP contribution in [0.5, 0.6) is 0 Å². The predicted octanol–water partition coefficient (Wildman–Crippen LogP) is 4.53. The lowest BCUT2D eigenvalue weighted by atomic mass is 10.1. The van der Waals surface area contributed by atoms with E-state index in [1.807, 2.05) is 0 Å². The van der Waals surface area contributed by atoms with Gasteiger partial charge in [-0.15, -0.1) is 11.3 Å². The van der Waals surface area contributed by atoms with Gasteiger partial charge in [-0.1, -0.05) is 19.9 Å². The summed E-state index contributed by atoms with van der Waals surface area (Å²) in [4.78, 5) is 12.8. The van der Waals surface area contributed by atoms with E-state index in [-0.39, 0.29) is 17.3 Å². The minimum atomic E-state index is -0.611. The Balaban J connectivity index is 2.45. The Morgan fingerprint density at radius 3 is 2.28 bits per heavy atom. The second kappa shape index (κ2) is 4.98. The fraction of sp³-hybridized carbons (Fsp3) is 0.214. The van der Waals surface area contributed by atoms with Crippen molar-refractivity contribution in [1.82, 2.24) is 0 Å². The number of hydrogen-bond donors (Lipinski definition) is 0. The molecule has 1 aromatic heterocycles. The fourth-order valence-corrected chi connectivity index (χ4v) is 2.76. The Morgan fingerprint density at radius 1 is 1.11 bits per heavy atom. The van der Waals surface area contributed by atoms with Crippen LogP contribution in [-0.4, -0.2) is 5.78 Å². The molecule has 1 nitrogen and oxygen atoms in total. The molecule has 0 bridgehead atoms. The molecule has 94 valence electrons. The summed E-state index contributed by atoms with van der Waals surface area (Å²) in [6.07, 6.45) is 0. The first-order valence-corrected chi connectivity index (χ1v) is 6.40. The van der Waals surface area contributed by atoms with E-state index in [9.17, 15) is 13.6 Å². The number of halogens is 2. The number of hydrogen-bond acceptors (Lipinski definition) is 2. The summed E-state index contributed by atoms with van der Waals surface area (Å²) in [6.45, 7) is 3.59. The smallest absolute Gasteiger partial charge is 0.175 e. The predicted molar refractivity (Wildman–Crippen MR) is 68.8 cm³/mol. The van der Waals surface area contributed by atoms with Crippen LogP contribution in [0.1, 0.15) is 23.5 Å². The zero-order chi connectivity index (χ0) is 13.3. The second-order valence-corrected chi connectivity index (χ2v) is 5.36. The Labute approximate surface area is 108 Å². The number of thiophene rings is 1. The molecule has 0 amide bonds. The van der Waals surface area contributed by atoms with Crippen molar-refractivity contribution in [3.63, 3.8) is 0 Å². The average molecular weight is 266 g/mol. The van der Waals surface area contributed by atoms with Gasteiger partial charge in [0.25, 0.3) is 0 Å². The lowest BCUT2D eigenvalue weighted by Gasteiger charge is -2.02. The molecule has 0 radical (unpaired) electrons. The van der Waals surface area contributed by atoms with Gasteiger partial charge in [0.1, 0.15) is 11.6 Å². The topological polar surface area (TPSA) is 17.1 Å². The van der Waals surface area contributed by atoms with Gasteiger partial charge in [0, 0.05) is 10.8 Å². The van der Waals surface area contributed by atoms with Crippen molar-refractivity contribution in [3.05, 3.63) is 46.8 Å². The van der Waals surface area contributed by atoms with Crippen LogP contribution < -0.4 is 0 Å². The summed E-state index contributed by atoms with van der Waals surface area (Å²) in [5.41, 5.74) is -0.0645. The lowest BCUT2D eigenvalue weighted by molar-refractivity contribution is 0.0943. The van der Waals surface area contributed by atoms with Gasteiger partial charge in [-0.3, -0.25) is 4.79 Å². The maximum atomic E-state index is 13.6. The number of rotatable bonds is 3. The van der Waals surface area contributed by atoms with E-state index in [0.29, 0.717) is 9.75 Å². The van der Waals surface area contributed by atoms with Gasteiger partial charge in [-0.25, -0.2) is 8.78 Å². The number of Topliss-reactive ketones (excluding diaryl/α,β-unsaturated/α-hetero) is 1. The third-order valence-corrected chi connectivity index (χ3v) is 3.70. The van der Waals surface area contributed by atoms with Crippen LogP contribution in [0.25, 0.3) is 10.4 Å². The van der Waals surface area contributed by atoms with Crippen molar-refractivity contribution >= 4 is 17.1 Å². The summed E-state index contributed by atoms with van der Waals surface area (Å²) >= 11 is 1.12. The quantitative estimate of drug-likeness (QED) is 0.746. The zero-order valence-electron chi connectivity index (χ0n) is 10.0. The van der Waals surface area contributed by atoms with Gasteiger partial charge in [-0.2, -0.15) is 0 Å². The van der Waals surface area contributed by atoms with Gasteiger partial charge in [0.15, 0.2) is 5.78 Å². The highest BCUT2D eigenvalue weighted by atomic mass is 32.1. The van der Waals surface area contributed by atoms with Crippen LogP contribution in [0.3, 0.4) is 0 Å². The van der Waals surface area contributed by atoms with E-state index in [0.717, 1.165) is 11.3 Å². The van der Waals surface area contributed by atoms with Gasteiger partial charge in [-0.05, 0) is 24.3 Å². The molecular formula is C14H12F2OS. The Kier molecular flexibility index (Phi) is 3.57. The number of benzene rings is 1. The normalized spacial score (nSPS) is 10.9. The number of carbonyl (C=O) groups excluding carboxylic acids is 1. The highest BCUT2D eigenvalue weighted by Gasteiger charge is 2.17. The Hall–Kier alpha value is -1.55. The highest BCUT2D eigenvalue weighted by molar-refractivity contribution is 7.17. The van der Waals surface area contributed by atoms with Crippen molar-refractivity contribution < 1.29 is 13.6 Å². The standard InChI is InChI=1S/C14H12F2OS/c1-8(2)14(17)12-7-6-11(18-12)13-9(15)4-3-5-10(13)16/h3-8H,1-2H3. The van der Waals surface area contributed by atoms with E-state index < -0.39 is 11.6 Å². The monoisotopic (exact) mass is 266 g/mol. The first-order valence-electron chi connectivity index (χ1n) is 5.59. The SMILES string of the molecule is CC(C)C(=O)c1ccc(-c2c(F)cccc2F)s1. The number of carbonyl (C=O) groups is 1. The van der Waals surface area contributed by atoms with Gasteiger partial charge < -0.3 is 0 Å². The molecule has 0 aliphatic carbocycles. The Bertz CT molecular complexity index is 567. The van der Waals surface area contributed by atoms with E-state index in [2.05, 4.69) is 0 Å². The minimum Gasteiger partial charge on any atom is -0.293 e. The molecule has 0 saturated heterocycles. The molecule has 0 N–H and O–H groups in total. The molecule has 2 rings (SSSR count). The third-order valence-electron chi connectivity index (χ3n) is 2.58. The summed E-state index contributed by atoms with van der Waals surface area (Å²) < 4.78 is 27.2. The van der Waals surface area contributed by atoms with Crippen molar-refractivity contribution in [2.24, 2.45) is 5.92 Å².